The maximum atomic E-state index is 15.4. The predicted octanol–water partition coefficient (Wildman–Crippen LogP) is 5.57. The van der Waals surface area contributed by atoms with Crippen LogP contribution in [0.1, 0.15) is 66.8 Å². The average Bonchev–Trinajstić information content (AvgIpc) is 3.13. The zero-order valence-electron chi connectivity index (χ0n) is 24.0. The molecule has 1 fully saturated rings. The fraction of sp³-hybridized carbons (Fsp3) is 0.387. The van der Waals surface area contributed by atoms with E-state index in [1.54, 1.807) is 22.6 Å². The number of halogens is 2. The van der Waals surface area contributed by atoms with Gasteiger partial charge in [0.2, 0.25) is 18.0 Å². The van der Waals surface area contributed by atoms with Crippen LogP contribution in [0, 0.1) is 17.0 Å². The third-order valence-electron chi connectivity index (χ3n) is 8.20. The molecular formula is C31H31F2N3O6S. The van der Waals surface area contributed by atoms with Crippen molar-refractivity contribution in [2.45, 2.75) is 56.5 Å². The van der Waals surface area contributed by atoms with Gasteiger partial charge in [0.1, 0.15) is 6.17 Å². The van der Waals surface area contributed by atoms with E-state index in [0.29, 0.717) is 18.5 Å². The standard InChI is InChI=1S/C31H31F2N3O6S/c1-4-40-30(39)42-17-41-28-22(37)11-13-35-27(28)29(38)34-14-12-31(2,3)15-24(34)36(35)26-18-9-10-21(32)25(33)20(18)16-43-23-8-6-5-7-19(23)26/h5-11,13,24,26H,4,12,14-17H2,1-3H3/t24-,26+/m1/s1. The highest BCUT2D eigenvalue weighted by Gasteiger charge is 2.49. The topological polar surface area (TPSA) is 90.3 Å². The normalized spacial score (nSPS) is 20.3. The molecule has 0 bridgehead atoms. The molecule has 4 heterocycles. The molecule has 3 aromatic rings. The van der Waals surface area contributed by atoms with Crippen LogP contribution in [0.25, 0.3) is 0 Å². The van der Waals surface area contributed by atoms with Crippen LogP contribution < -0.4 is 15.2 Å². The van der Waals surface area contributed by atoms with Gasteiger partial charge in [-0.25, -0.2) is 13.6 Å². The van der Waals surface area contributed by atoms with Crippen LogP contribution in [-0.4, -0.2) is 47.7 Å². The zero-order valence-corrected chi connectivity index (χ0v) is 24.8. The van der Waals surface area contributed by atoms with Crippen molar-refractivity contribution in [1.82, 2.24) is 9.58 Å². The van der Waals surface area contributed by atoms with Gasteiger partial charge >= 0.3 is 6.16 Å². The van der Waals surface area contributed by atoms with E-state index < -0.39 is 48.1 Å². The van der Waals surface area contributed by atoms with Gasteiger partial charge in [0.05, 0.1) is 12.6 Å². The van der Waals surface area contributed by atoms with Crippen LogP contribution in [0.4, 0.5) is 13.6 Å². The summed E-state index contributed by atoms with van der Waals surface area (Å²) in [6.07, 6.45) is 1.34. The van der Waals surface area contributed by atoms with Crippen molar-refractivity contribution < 1.29 is 32.6 Å². The predicted molar refractivity (Wildman–Crippen MR) is 155 cm³/mol. The molecule has 9 nitrogen and oxygen atoms in total. The van der Waals surface area contributed by atoms with Gasteiger partial charge in [-0.05, 0) is 48.4 Å². The Morgan fingerprint density at radius 1 is 1.07 bits per heavy atom. The molecule has 0 unspecified atom stereocenters. The van der Waals surface area contributed by atoms with E-state index in [9.17, 15) is 18.8 Å². The van der Waals surface area contributed by atoms with Gasteiger partial charge in [0.25, 0.3) is 5.91 Å². The largest absolute Gasteiger partial charge is 0.511 e. The number of pyridine rings is 1. The SMILES string of the molecule is CCOC(=O)OCOc1c2n(ccc1=O)N([C@@H]1c3ccccc3SCc3c1ccc(F)c3F)[C@@H]1CC(C)(C)CCN1C2=O. The number of thioether (sulfide) groups is 1. The van der Waals surface area contributed by atoms with Crippen LogP contribution in [0.5, 0.6) is 5.75 Å². The number of ether oxygens (including phenoxy) is 3. The molecule has 12 heteroatoms. The van der Waals surface area contributed by atoms with E-state index in [2.05, 4.69) is 13.8 Å². The summed E-state index contributed by atoms with van der Waals surface area (Å²) in [6.45, 7) is 5.74. The molecule has 226 valence electrons. The molecule has 0 N–H and O–H groups in total. The van der Waals surface area contributed by atoms with Gasteiger partial charge < -0.3 is 19.1 Å². The van der Waals surface area contributed by atoms with Gasteiger partial charge in [-0.15, -0.1) is 11.8 Å². The lowest BCUT2D eigenvalue weighted by molar-refractivity contribution is 0.00385. The Morgan fingerprint density at radius 2 is 1.86 bits per heavy atom. The molecule has 6 rings (SSSR count). The number of amides is 1. The Labute approximate surface area is 251 Å². The average molecular weight is 612 g/mol. The number of benzene rings is 2. The molecule has 1 saturated heterocycles. The van der Waals surface area contributed by atoms with Gasteiger partial charge in [0, 0.05) is 35.0 Å². The maximum absolute atomic E-state index is 15.4. The fourth-order valence-corrected chi connectivity index (χ4v) is 7.23. The Balaban J connectivity index is 1.57. The number of hydrogen-bond acceptors (Lipinski definition) is 8. The van der Waals surface area contributed by atoms with Crippen LogP contribution in [0.15, 0.2) is 58.4 Å². The Kier molecular flexibility index (Phi) is 7.57. The summed E-state index contributed by atoms with van der Waals surface area (Å²) in [5.41, 5.74) is 0.896. The van der Waals surface area contributed by atoms with Crippen LogP contribution >= 0.6 is 11.8 Å². The molecule has 2 aromatic carbocycles. The fourth-order valence-electron chi connectivity index (χ4n) is 6.11. The van der Waals surface area contributed by atoms with Crippen molar-refractivity contribution >= 4 is 23.8 Å². The van der Waals surface area contributed by atoms with Crippen molar-refractivity contribution in [2.75, 3.05) is 25.0 Å². The minimum atomic E-state index is -0.975. The highest BCUT2D eigenvalue weighted by molar-refractivity contribution is 7.98. The molecule has 0 saturated carbocycles. The highest BCUT2D eigenvalue weighted by Crippen LogP contribution is 2.47. The molecule has 43 heavy (non-hydrogen) atoms. The summed E-state index contributed by atoms with van der Waals surface area (Å²) >= 11 is 1.42. The molecule has 2 atom stereocenters. The molecule has 0 radical (unpaired) electrons. The summed E-state index contributed by atoms with van der Waals surface area (Å²) in [5, 5.41) is 1.97. The van der Waals surface area contributed by atoms with Gasteiger partial charge in [0.15, 0.2) is 17.3 Å². The summed E-state index contributed by atoms with van der Waals surface area (Å²) in [5.74, 6) is -2.32. The Bertz CT molecular complexity index is 1660. The first kappa shape index (κ1) is 29.0. The third-order valence-corrected chi connectivity index (χ3v) is 9.31. The third kappa shape index (κ3) is 5.11. The van der Waals surface area contributed by atoms with Crippen molar-refractivity contribution in [3.8, 4) is 5.75 Å². The number of piperidine rings is 1. The zero-order chi connectivity index (χ0) is 30.5. The Hall–Kier alpha value is -4.06. The molecule has 1 aromatic heterocycles. The second-order valence-electron chi connectivity index (χ2n) is 11.4. The number of rotatable bonds is 5. The minimum Gasteiger partial charge on any atom is -0.451 e. The smallest absolute Gasteiger partial charge is 0.451 e. The van der Waals surface area contributed by atoms with Gasteiger partial charge in [-0.3, -0.25) is 19.3 Å². The summed E-state index contributed by atoms with van der Waals surface area (Å²) in [7, 11) is 0. The van der Waals surface area contributed by atoms with E-state index in [1.165, 1.54) is 24.0 Å². The first-order chi connectivity index (χ1) is 20.6. The molecule has 0 spiro atoms. The lowest BCUT2D eigenvalue weighted by atomic mass is 9.79. The minimum absolute atomic E-state index is 0.0468. The maximum Gasteiger partial charge on any atom is 0.511 e. The number of nitrogens with zero attached hydrogens (tertiary/aromatic N) is 3. The van der Waals surface area contributed by atoms with E-state index >= 15 is 4.39 Å². The van der Waals surface area contributed by atoms with E-state index in [1.807, 2.05) is 29.3 Å². The van der Waals surface area contributed by atoms with Crippen LogP contribution in [0.3, 0.4) is 0 Å². The summed E-state index contributed by atoms with van der Waals surface area (Å²) in [6, 6.07) is 11.0. The number of hydrogen-bond donors (Lipinski definition) is 0. The molecule has 3 aliphatic rings. The number of aromatic nitrogens is 1. The van der Waals surface area contributed by atoms with E-state index in [0.717, 1.165) is 22.9 Å². The van der Waals surface area contributed by atoms with Crippen molar-refractivity contribution in [2.24, 2.45) is 5.41 Å². The quantitative estimate of drug-likeness (QED) is 0.273. The van der Waals surface area contributed by atoms with Crippen molar-refractivity contribution in [3.05, 3.63) is 92.9 Å². The second kappa shape index (κ2) is 11.2. The molecule has 0 aliphatic carbocycles. The van der Waals surface area contributed by atoms with Gasteiger partial charge in [-0.2, -0.15) is 0 Å². The summed E-state index contributed by atoms with van der Waals surface area (Å²) < 4.78 is 46.9. The van der Waals surface area contributed by atoms with Crippen molar-refractivity contribution in [1.29, 1.82) is 0 Å². The number of carbonyl (C=O) groups excluding carboxylic acids is 2. The summed E-state index contributed by atoms with van der Waals surface area (Å²) in [4.78, 5) is 41.6. The van der Waals surface area contributed by atoms with Gasteiger partial charge in [-0.1, -0.05) is 38.1 Å². The van der Waals surface area contributed by atoms with E-state index in [4.69, 9.17) is 14.2 Å². The van der Waals surface area contributed by atoms with E-state index in [-0.39, 0.29) is 34.8 Å². The first-order valence-corrected chi connectivity index (χ1v) is 15.1. The Morgan fingerprint density at radius 3 is 2.65 bits per heavy atom. The molecule has 3 aliphatic heterocycles. The van der Waals surface area contributed by atoms with Crippen molar-refractivity contribution in [3.63, 3.8) is 0 Å². The second-order valence-corrected chi connectivity index (χ2v) is 12.4. The van der Waals surface area contributed by atoms with Crippen LogP contribution in [-0.2, 0) is 15.2 Å². The number of carbonyl (C=O) groups is 2. The lowest BCUT2D eigenvalue weighted by Crippen LogP contribution is -2.65. The monoisotopic (exact) mass is 611 g/mol. The lowest BCUT2D eigenvalue weighted by Gasteiger charge is -2.54. The molecule has 1 amide bonds. The first-order valence-electron chi connectivity index (χ1n) is 14.1. The number of fused-ring (bicyclic) bond motifs is 4. The van der Waals surface area contributed by atoms with Crippen LogP contribution in [0.2, 0.25) is 0 Å². The molecular weight excluding hydrogens is 580 g/mol. The highest BCUT2D eigenvalue weighted by atomic mass is 32.2.